The third-order valence-electron chi connectivity index (χ3n) is 27.8. The minimum atomic E-state index is 0.123. The molecule has 10 aliphatic rings. The molecule has 0 radical (unpaired) electrons. The monoisotopic (exact) mass is 1710 g/mol. The Hall–Kier alpha value is -9.96. The second kappa shape index (κ2) is 40.6. The Morgan fingerprint density at radius 3 is 1.02 bits per heavy atom. The van der Waals surface area contributed by atoms with Gasteiger partial charge in [-0.1, -0.05) is 38.1 Å². The van der Waals surface area contributed by atoms with Gasteiger partial charge in [-0.2, -0.15) is 0 Å². The number of nitrogens with one attached hydrogen (secondary N) is 2. The van der Waals surface area contributed by atoms with Crippen molar-refractivity contribution in [1.82, 2.24) is 49.7 Å². The van der Waals surface area contributed by atoms with Crippen LogP contribution < -0.4 is 59.3 Å². The van der Waals surface area contributed by atoms with Crippen molar-refractivity contribution < 1.29 is 29.2 Å². The van der Waals surface area contributed by atoms with E-state index >= 15 is 0 Å². The summed E-state index contributed by atoms with van der Waals surface area (Å²) in [6, 6.07) is 44.3. The molecule has 6 atom stereocenters. The lowest BCUT2D eigenvalue weighted by Gasteiger charge is -2.40. The van der Waals surface area contributed by atoms with Crippen molar-refractivity contribution in [3.63, 3.8) is 0 Å². The smallest absolute Gasteiger partial charge is 0.142 e. The summed E-state index contributed by atoms with van der Waals surface area (Å²) in [5.74, 6) is 12.1. The van der Waals surface area contributed by atoms with Gasteiger partial charge in [-0.3, -0.25) is 9.80 Å². The van der Waals surface area contributed by atoms with E-state index in [4.69, 9.17) is 58.8 Å². The second-order valence-corrected chi connectivity index (χ2v) is 36.8. The highest BCUT2D eigenvalue weighted by molar-refractivity contribution is 5.95. The molecule has 126 heavy (non-hydrogen) atoms. The number of aliphatic hydroxyl groups excluding tert-OH is 2. The summed E-state index contributed by atoms with van der Waals surface area (Å²) in [5, 5.41) is 30.7. The van der Waals surface area contributed by atoms with Crippen LogP contribution in [0, 0.1) is 0 Å². The highest BCUT2D eigenvalue weighted by Gasteiger charge is 2.39. The SMILES string of the molecule is CCCN(C)c1ccc2nc(C3CC3)nc(N3CCN(C4CCCC4OC)CC3)c2c1.CCCN(C)c1ccc2nc(C3CC3)nc(NC3CCN(c4ccccc4OC)C3)c2c1.COC1CCCC1N1CCN(c2nc(C3CC3)nc3ccc(N(C)CCO)cc23)CC1.COc1ccccc1N1CCC(Nc2nc(C3CC3)nc3ccc(N(C)CCO)cc23)C1. The molecule has 6 aromatic carbocycles. The zero-order valence-corrected chi connectivity index (χ0v) is 76.4. The van der Waals surface area contributed by atoms with Crippen LogP contribution in [-0.4, -0.2) is 271 Å². The van der Waals surface area contributed by atoms with Crippen molar-refractivity contribution in [3.05, 3.63) is 145 Å². The summed E-state index contributed by atoms with van der Waals surface area (Å²) in [7, 11) is 15.5. The lowest BCUT2D eigenvalue weighted by atomic mass is 10.1. The lowest BCUT2D eigenvalue weighted by Crippen LogP contribution is -2.52. The number of benzene rings is 6. The van der Waals surface area contributed by atoms with Crippen molar-refractivity contribution in [1.29, 1.82) is 0 Å². The van der Waals surface area contributed by atoms with Crippen LogP contribution in [-0.2, 0) is 9.47 Å². The van der Waals surface area contributed by atoms with Gasteiger partial charge in [0, 0.05) is 239 Å². The molecule has 672 valence electrons. The maximum Gasteiger partial charge on any atom is 0.142 e. The summed E-state index contributed by atoms with van der Waals surface area (Å²) in [4.78, 5) is 63.7. The number of methoxy groups -OCH3 is 4. The second-order valence-electron chi connectivity index (χ2n) is 36.8. The first-order chi connectivity index (χ1) is 61.7. The van der Waals surface area contributed by atoms with E-state index in [9.17, 15) is 10.2 Å². The van der Waals surface area contributed by atoms with Crippen LogP contribution in [0.2, 0.25) is 0 Å². The van der Waals surface area contributed by atoms with E-state index in [1.807, 2.05) is 52.6 Å². The normalized spacial score (nSPS) is 21.5. The van der Waals surface area contributed by atoms with E-state index < -0.39 is 0 Å². The summed E-state index contributed by atoms with van der Waals surface area (Å²) < 4.78 is 22.7. The van der Waals surface area contributed by atoms with Gasteiger partial charge in [0.2, 0.25) is 0 Å². The average Bonchev–Trinajstić information content (AvgIpc) is 1.41. The fourth-order valence-electron chi connectivity index (χ4n) is 19.8. The third kappa shape index (κ3) is 20.6. The van der Waals surface area contributed by atoms with Gasteiger partial charge in [-0.15, -0.1) is 0 Å². The number of fused-ring (bicyclic) bond motifs is 4. The van der Waals surface area contributed by atoms with Crippen LogP contribution in [0.3, 0.4) is 0 Å². The summed E-state index contributed by atoms with van der Waals surface area (Å²) in [6.45, 7) is 20.1. The van der Waals surface area contributed by atoms with Crippen LogP contribution >= 0.6 is 0 Å². The minimum Gasteiger partial charge on any atom is -0.495 e. The minimum absolute atomic E-state index is 0.123. The maximum absolute atomic E-state index is 9.34. The van der Waals surface area contributed by atoms with Gasteiger partial charge in [0.25, 0.3) is 0 Å². The molecule has 26 heteroatoms. The van der Waals surface area contributed by atoms with Crippen molar-refractivity contribution in [2.75, 3.05) is 224 Å². The number of aromatic nitrogens is 8. The number of piperazine rings is 2. The summed E-state index contributed by atoms with van der Waals surface area (Å²) in [6.07, 6.45) is 22.3. The molecule has 0 spiro atoms. The fourth-order valence-corrected chi connectivity index (χ4v) is 19.8. The molecule has 4 saturated heterocycles. The van der Waals surface area contributed by atoms with Gasteiger partial charge >= 0.3 is 0 Å². The van der Waals surface area contributed by atoms with Crippen LogP contribution in [0.25, 0.3) is 43.6 Å². The van der Waals surface area contributed by atoms with E-state index in [0.29, 0.717) is 73.1 Å². The highest BCUT2D eigenvalue weighted by atomic mass is 16.5. The molecule has 8 heterocycles. The molecule has 10 fully saturated rings. The molecular weight excluding hydrogens is 1580 g/mol. The molecule has 0 amide bonds. The number of rotatable bonds is 30. The average molecular weight is 1710 g/mol. The van der Waals surface area contributed by atoms with Gasteiger partial charge in [-0.05, 0) is 213 Å². The standard InChI is InChI=1S/C26H33N5O.C25H31N5O2.C25H37N5O.C24H35N5O2/c1-4-14-30(2)20-11-12-22-21(16-20)26(29-25(28-22)18-9-10-18)27-19-13-15-31(17-19)23-7-5-6-8-24(23)32-3;1-29(13-14-31)19-9-10-21-20(15-19)25(28-24(27-21)17-7-8-17)26-18-11-12-30(16-18)22-5-3-4-6-23(22)32-2;1-4-12-28(2)19-10-11-21-20(17-19)25(27-24(26-21)18-8-9-18)30-15-13-29(14-16-30)22-6-5-7-23(22)31-3;1-27(14-15-30)18-8-9-20-19(16-18)24(26-23(25-20)17-6-7-17)29-12-10-28(11-13-29)21-4-3-5-22(21)31-2/h5-8,11-12,16,18-19H,4,9-10,13-15,17H2,1-3H3,(H,27,28,29);3-6,9-10,15,17-18,31H,7-8,11-14,16H2,1-2H3,(H,26,27,28);10-11,17-18,22-23H,4-9,12-16H2,1-3H3;8-9,16-17,21-22,30H,3-7,10-15H2,1-2H3. The van der Waals surface area contributed by atoms with E-state index in [2.05, 4.69) is 185 Å². The molecule has 6 aliphatic carbocycles. The molecule has 4 aromatic heterocycles. The Balaban J connectivity index is 0.000000119. The number of nitrogens with zero attached hydrogens (tertiary/aromatic N) is 18. The van der Waals surface area contributed by atoms with Crippen LogP contribution in [0.5, 0.6) is 11.5 Å². The number of likely N-dealkylation sites (N-methyl/N-ethyl adjacent to an activating group) is 2. The third-order valence-corrected chi connectivity index (χ3v) is 27.8. The Morgan fingerprint density at radius 1 is 0.357 bits per heavy atom. The van der Waals surface area contributed by atoms with E-state index in [-0.39, 0.29) is 13.2 Å². The molecule has 26 nitrogen and oxygen atoms in total. The lowest BCUT2D eigenvalue weighted by molar-refractivity contribution is 0.0305. The van der Waals surface area contributed by atoms with E-state index in [0.717, 1.165) is 236 Å². The zero-order chi connectivity index (χ0) is 86.9. The van der Waals surface area contributed by atoms with Gasteiger partial charge in [0.15, 0.2) is 0 Å². The summed E-state index contributed by atoms with van der Waals surface area (Å²) >= 11 is 0. The molecule has 6 unspecified atom stereocenters. The number of hydrogen-bond donors (Lipinski definition) is 4. The first-order valence-electron chi connectivity index (χ1n) is 47.3. The molecule has 0 bridgehead atoms. The molecule has 6 saturated carbocycles. The first kappa shape index (κ1) is 88.1. The molecule has 4 aliphatic heterocycles. The Bertz CT molecular complexity index is 4980. The number of ether oxygens (including phenoxy) is 4. The maximum atomic E-state index is 9.34. The highest BCUT2D eigenvalue weighted by Crippen LogP contribution is 2.46. The van der Waals surface area contributed by atoms with Gasteiger partial charge in [-0.25, -0.2) is 39.9 Å². The molecule has 10 aromatic rings. The van der Waals surface area contributed by atoms with Crippen molar-refractivity contribution >= 4 is 101 Å². The Kier molecular flexibility index (Phi) is 28.4. The zero-order valence-electron chi connectivity index (χ0n) is 76.4. The number of aliphatic hydroxyl groups is 2. The summed E-state index contributed by atoms with van der Waals surface area (Å²) in [5.41, 5.74) is 11.1. The Labute approximate surface area is 745 Å². The van der Waals surface area contributed by atoms with Crippen molar-refractivity contribution in [2.45, 2.75) is 189 Å². The quantitative estimate of drug-likeness (QED) is 0.0327. The van der Waals surface area contributed by atoms with Crippen LogP contribution in [0.1, 0.15) is 176 Å². The van der Waals surface area contributed by atoms with Crippen molar-refractivity contribution in [3.8, 4) is 11.5 Å². The van der Waals surface area contributed by atoms with Gasteiger partial charge < -0.3 is 79.0 Å². The van der Waals surface area contributed by atoms with E-state index in [1.165, 1.54) is 107 Å². The fraction of sp³-hybridized carbons (Fsp3) is 0.560. The molecule has 4 N–H and O–H groups in total. The van der Waals surface area contributed by atoms with Crippen LogP contribution in [0.15, 0.2) is 121 Å². The molecular formula is C100H136N20O6. The van der Waals surface area contributed by atoms with Crippen molar-refractivity contribution in [2.24, 2.45) is 0 Å². The predicted molar refractivity (Wildman–Crippen MR) is 513 cm³/mol. The number of hydrogen-bond acceptors (Lipinski definition) is 26. The largest absolute Gasteiger partial charge is 0.495 e. The Morgan fingerprint density at radius 2 is 0.690 bits per heavy atom. The van der Waals surface area contributed by atoms with Gasteiger partial charge in [0.1, 0.15) is 58.1 Å². The molecule has 20 rings (SSSR count). The first-order valence-corrected chi connectivity index (χ1v) is 47.3. The number of para-hydroxylation sites is 4. The van der Waals surface area contributed by atoms with Gasteiger partial charge in [0.05, 0.1) is 73.1 Å². The van der Waals surface area contributed by atoms with E-state index in [1.54, 1.807) is 14.2 Å². The van der Waals surface area contributed by atoms with Crippen LogP contribution in [0.4, 0.5) is 57.4 Å². The predicted octanol–water partition coefficient (Wildman–Crippen LogP) is 15.4. The topological polar surface area (TPSA) is 237 Å². The number of anilines is 10.